The first-order chi connectivity index (χ1) is 4.34. The van der Waals surface area contributed by atoms with Crippen LogP contribution in [0.3, 0.4) is 0 Å². The van der Waals surface area contributed by atoms with Gasteiger partial charge in [0, 0.05) is 11.4 Å². The smallest absolute Gasteiger partial charge is 0.0309 e. The van der Waals surface area contributed by atoms with Crippen molar-refractivity contribution >= 4 is 29.3 Å². The summed E-state index contributed by atoms with van der Waals surface area (Å²) in [4.78, 5) is 1.19. The highest BCUT2D eigenvalue weighted by Gasteiger charge is 1.93. The molecule has 1 aromatic heterocycles. The molecule has 0 saturated heterocycles. The number of rotatable bonds is 2. The van der Waals surface area contributed by atoms with Crippen molar-refractivity contribution in [3.8, 4) is 0 Å². The van der Waals surface area contributed by atoms with Crippen LogP contribution in [0.1, 0.15) is 4.88 Å². The SMILES string of the molecule is C=C(CN)c1cccs1.Cl. The molecule has 0 aliphatic carbocycles. The van der Waals surface area contributed by atoms with Crippen molar-refractivity contribution in [3.63, 3.8) is 0 Å². The molecule has 0 saturated carbocycles. The van der Waals surface area contributed by atoms with Gasteiger partial charge in [-0.15, -0.1) is 23.7 Å². The molecular weight excluding hydrogens is 166 g/mol. The van der Waals surface area contributed by atoms with Crippen LogP contribution in [0, 0.1) is 0 Å². The highest BCUT2D eigenvalue weighted by atomic mass is 35.5. The van der Waals surface area contributed by atoms with Crippen LogP contribution in [-0.2, 0) is 0 Å². The molecule has 0 spiro atoms. The van der Waals surface area contributed by atoms with Crippen LogP contribution in [0.2, 0.25) is 0 Å². The van der Waals surface area contributed by atoms with Gasteiger partial charge in [-0.05, 0) is 17.0 Å². The van der Waals surface area contributed by atoms with Crippen LogP contribution in [0.15, 0.2) is 24.1 Å². The van der Waals surface area contributed by atoms with E-state index in [2.05, 4.69) is 6.58 Å². The van der Waals surface area contributed by atoms with Gasteiger partial charge in [0.25, 0.3) is 0 Å². The normalized spacial score (nSPS) is 8.50. The summed E-state index contributed by atoms with van der Waals surface area (Å²) in [7, 11) is 0. The first kappa shape index (κ1) is 9.69. The van der Waals surface area contributed by atoms with Crippen molar-refractivity contribution in [1.29, 1.82) is 0 Å². The molecule has 0 fully saturated rings. The van der Waals surface area contributed by atoms with Crippen LogP contribution >= 0.6 is 23.7 Å². The lowest BCUT2D eigenvalue weighted by atomic mass is 10.2. The van der Waals surface area contributed by atoms with Crippen LogP contribution in [0.25, 0.3) is 5.57 Å². The van der Waals surface area contributed by atoms with E-state index in [1.165, 1.54) is 4.88 Å². The lowest BCUT2D eigenvalue weighted by molar-refractivity contribution is 1.28. The monoisotopic (exact) mass is 175 g/mol. The molecule has 2 N–H and O–H groups in total. The second-order valence-corrected chi connectivity index (χ2v) is 2.73. The Morgan fingerprint density at radius 2 is 2.40 bits per heavy atom. The van der Waals surface area contributed by atoms with E-state index in [4.69, 9.17) is 5.73 Å². The van der Waals surface area contributed by atoms with E-state index in [-0.39, 0.29) is 12.4 Å². The average Bonchev–Trinajstić information content (AvgIpc) is 2.37. The van der Waals surface area contributed by atoms with Gasteiger partial charge in [-0.3, -0.25) is 0 Å². The maximum absolute atomic E-state index is 5.37. The van der Waals surface area contributed by atoms with Gasteiger partial charge in [-0.2, -0.15) is 0 Å². The van der Waals surface area contributed by atoms with Gasteiger partial charge >= 0.3 is 0 Å². The van der Waals surface area contributed by atoms with Crippen molar-refractivity contribution in [1.82, 2.24) is 0 Å². The van der Waals surface area contributed by atoms with E-state index < -0.39 is 0 Å². The van der Waals surface area contributed by atoms with Gasteiger partial charge in [-0.25, -0.2) is 0 Å². The minimum absolute atomic E-state index is 0. The third-order valence-corrected chi connectivity index (χ3v) is 2.09. The van der Waals surface area contributed by atoms with E-state index in [1.807, 2.05) is 17.5 Å². The molecule has 10 heavy (non-hydrogen) atoms. The number of hydrogen-bond acceptors (Lipinski definition) is 2. The number of nitrogens with two attached hydrogens (primary N) is 1. The fourth-order valence-electron chi connectivity index (χ4n) is 0.580. The van der Waals surface area contributed by atoms with Gasteiger partial charge in [-0.1, -0.05) is 12.6 Å². The Hall–Kier alpha value is -0.310. The highest BCUT2D eigenvalue weighted by molar-refractivity contribution is 7.11. The van der Waals surface area contributed by atoms with E-state index in [0.29, 0.717) is 6.54 Å². The molecule has 1 aromatic rings. The second-order valence-electron chi connectivity index (χ2n) is 1.78. The van der Waals surface area contributed by atoms with E-state index in [1.54, 1.807) is 11.3 Å². The van der Waals surface area contributed by atoms with Crippen LogP contribution in [0.5, 0.6) is 0 Å². The van der Waals surface area contributed by atoms with Gasteiger partial charge in [0.1, 0.15) is 0 Å². The molecular formula is C7H10ClNS. The largest absolute Gasteiger partial charge is 0.326 e. The molecule has 1 nitrogen and oxygen atoms in total. The Morgan fingerprint density at radius 1 is 1.70 bits per heavy atom. The Kier molecular flexibility index (Phi) is 4.36. The highest BCUT2D eigenvalue weighted by Crippen LogP contribution is 2.16. The summed E-state index contributed by atoms with van der Waals surface area (Å²) < 4.78 is 0. The second kappa shape index (κ2) is 4.50. The van der Waals surface area contributed by atoms with E-state index in [9.17, 15) is 0 Å². The van der Waals surface area contributed by atoms with Crippen molar-refractivity contribution in [2.45, 2.75) is 0 Å². The molecule has 1 heterocycles. The molecule has 0 unspecified atom stereocenters. The first-order valence-corrected chi connectivity index (χ1v) is 3.64. The Labute approximate surface area is 71.0 Å². The topological polar surface area (TPSA) is 26.0 Å². The maximum atomic E-state index is 5.37. The lowest BCUT2D eigenvalue weighted by Gasteiger charge is -1.93. The predicted molar refractivity (Wildman–Crippen MR) is 49.7 cm³/mol. The zero-order valence-corrected chi connectivity index (χ0v) is 7.17. The molecule has 0 radical (unpaired) electrons. The van der Waals surface area contributed by atoms with Crippen LogP contribution in [0.4, 0.5) is 0 Å². The lowest BCUT2D eigenvalue weighted by Crippen LogP contribution is -1.98. The minimum atomic E-state index is 0. The first-order valence-electron chi connectivity index (χ1n) is 2.76. The fourth-order valence-corrected chi connectivity index (χ4v) is 1.29. The Balaban J connectivity index is 0.000000810. The number of halogens is 1. The third-order valence-electron chi connectivity index (χ3n) is 1.12. The maximum Gasteiger partial charge on any atom is 0.0309 e. The van der Waals surface area contributed by atoms with Crippen LogP contribution < -0.4 is 5.73 Å². The summed E-state index contributed by atoms with van der Waals surface area (Å²) in [6.07, 6.45) is 0. The van der Waals surface area contributed by atoms with E-state index >= 15 is 0 Å². The summed E-state index contributed by atoms with van der Waals surface area (Å²) >= 11 is 1.68. The summed E-state index contributed by atoms with van der Waals surface area (Å²) in [5, 5.41) is 2.02. The quantitative estimate of drug-likeness (QED) is 0.733. The summed E-state index contributed by atoms with van der Waals surface area (Å²) in [5.41, 5.74) is 6.39. The average molecular weight is 176 g/mol. The van der Waals surface area contributed by atoms with Crippen molar-refractivity contribution in [2.75, 3.05) is 6.54 Å². The minimum Gasteiger partial charge on any atom is -0.326 e. The molecule has 0 amide bonds. The third kappa shape index (κ3) is 2.14. The summed E-state index contributed by atoms with van der Waals surface area (Å²) in [6.45, 7) is 4.36. The van der Waals surface area contributed by atoms with Crippen LogP contribution in [-0.4, -0.2) is 6.54 Å². The number of thiophene rings is 1. The summed E-state index contributed by atoms with van der Waals surface area (Å²) in [5.74, 6) is 0. The molecule has 0 bridgehead atoms. The van der Waals surface area contributed by atoms with E-state index in [0.717, 1.165) is 5.57 Å². The Bertz CT molecular complexity index is 193. The standard InChI is InChI=1S/C7H9NS.ClH/c1-6(5-8)7-3-2-4-9-7;/h2-4H,1,5,8H2;1H. The zero-order chi connectivity index (χ0) is 6.69. The molecule has 0 atom stereocenters. The Morgan fingerprint density at radius 3 is 2.80 bits per heavy atom. The predicted octanol–water partition coefficient (Wildman–Crippen LogP) is 2.14. The van der Waals surface area contributed by atoms with Crippen molar-refractivity contribution in [3.05, 3.63) is 29.0 Å². The zero-order valence-electron chi connectivity index (χ0n) is 5.54. The fraction of sp³-hybridized carbons (Fsp3) is 0.143. The molecule has 3 heteroatoms. The molecule has 0 aromatic carbocycles. The van der Waals surface area contributed by atoms with Crippen molar-refractivity contribution < 1.29 is 0 Å². The van der Waals surface area contributed by atoms with Gasteiger partial charge < -0.3 is 5.73 Å². The van der Waals surface area contributed by atoms with Gasteiger partial charge in [0.05, 0.1) is 0 Å². The molecule has 0 aliphatic rings. The summed E-state index contributed by atoms with van der Waals surface area (Å²) in [6, 6.07) is 4.03. The molecule has 56 valence electrons. The molecule has 0 aliphatic heterocycles. The number of hydrogen-bond donors (Lipinski definition) is 1. The van der Waals surface area contributed by atoms with Gasteiger partial charge in [0.2, 0.25) is 0 Å². The van der Waals surface area contributed by atoms with Gasteiger partial charge in [0.15, 0.2) is 0 Å². The van der Waals surface area contributed by atoms with Crippen molar-refractivity contribution in [2.24, 2.45) is 5.73 Å². The molecule has 1 rings (SSSR count).